The standard InChI is InChI=1S/C15H14N2O3/c1-10(13-4-2-3-9-16-13)17-14(18)11-5-7-12(8-6-11)15(19)20/h2-10H,1H3,(H,17,18)(H,19,20). The third-order valence-electron chi connectivity index (χ3n) is 2.87. The summed E-state index contributed by atoms with van der Waals surface area (Å²) >= 11 is 0. The molecule has 0 radical (unpaired) electrons. The molecule has 2 N–H and O–H groups in total. The van der Waals surface area contributed by atoms with Crippen LogP contribution in [0.25, 0.3) is 0 Å². The van der Waals surface area contributed by atoms with Crippen molar-refractivity contribution in [3.63, 3.8) is 0 Å². The first kappa shape index (κ1) is 13.7. The number of carboxylic acids is 1. The lowest BCUT2D eigenvalue weighted by Crippen LogP contribution is -2.27. The summed E-state index contributed by atoms with van der Waals surface area (Å²) in [7, 11) is 0. The molecule has 1 aromatic heterocycles. The van der Waals surface area contributed by atoms with E-state index in [0.29, 0.717) is 5.56 Å². The van der Waals surface area contributed by atoms with Gasteiger partial charge >= 0.3 is 5.97 Å². The molecule has 1 atom stereocenters. The summed E-state index contributed by atoms with van der Waals surface area (Å²) in [6.45, 7) is 1.84. The Hall–Kier alpha value is -2.69. The van der Waals surface area contributed by atoms with Crippen molar-refractivity contribution in [2.45, 2.75) is 13.0 Å². The number of hydrogen-bond donors (Lipinski definition) is 2. The van der Waals surface area contributed by atoms with Gasteiger partial charge in [-0.15, -0.1) is 0 Å². The van der Waals surface area contributed by atoms with Crippen LogP contribution in [-0.4, -0.2) is 22.0 Å². The van der Waals surface area contributed by atoms with Crippen LogP contribution < -0.4 is 5.32 Å². The molecule has 5 nitrogen and oxygen atoms in total. The van der Waals surface area contributed by atoms with Crippen molar-refractivity contribution >= 4 is 11.9 Å². The van der Waals surface area contributed by atoms with Gasteiger partial charge in [0.05, 0.1) is 17.3 Å². The monoisotopic (exact) mass is 270 g/mol. The fourth-order valence-electron chi connectivity index (χ4n) is 1.75. The number of aromatic carboxylic acids is 1. The van der Waals surface area contributed by atoms with Gasteiger partial charge in [0.2, 0.25) is 0 Å². The van der Waals surface area contributed by atoms with Crippen LogP contribution in [0.4, 0.5) is 0 Å². The smallest absolute Gasteiger partial charge is 0.335 e. The molecule has 1 unspecified atom stereocenters. The lowest BCUT2D eigenvalue weighted by Gasteiger charge is -2.13. The Morgan fingerprint density at radius 3 is 2.30 bits per heavy atom. The van der Waals surface area contributed by atoms with Crippen LogP contribution in [0.2, 0.25) is 0 Å². The van der Waals surface area contributed by atoms with Gasteiger partial charge in [0, 0.05) is 11.8 Å². The van der Waals surface area contributed by atoms with E-state index in [1.165, 1.54) is 24.3 Å². The highest BCUT2D eigenvalue weighted by Gasteiger charge is 2.12. The number of carbonyl (C=O) groups is 2. The first-order chi connectivity index (χ1) is 9.58. The van der Waals surface area contributed by atoms with Crippen LogP contribution in [0.1, 0.15) is 39.4 Å². The van der Waals surface area contributed by atoms with Gasteiger partial charge in [-0.2, -0.15) is 0 Å². The summed E-state index contributed by atoms with van der Waals surface area (Å²) < 4.78 is 0. The van der Waals surface area contributed by atoms with Crippen molar-refractivity contribution in [1.82, 2.24) is 10.3 Å². The highest BCUT2D eigenvalue weighted by Crippen LogP contribution is 2.10. The van der Waals surface area contributed by atoms with Gasteiger partial charge in [0.1, 0.15) is 0 Å². The summed E-state index contributed by atoms with van der Waals surface area (Å²) in [5, 5.41) is 11.6. The topological polar surface area (TPSA) is 79.3 Å². The largest absolute Gasteiger partial charge is 0.478 e. The van der Waals surface area contributed by atoms with E-state index in [4.69, 9.17) is 5.11 Å². The minimum absolute atomic E-state index is 0.152. The number of hydrogen-bond acceptors (Lipinski definition) is 3. The van der Waals surface area contributed by atoms with Gasteiger partial charge in [-0.25, -0.2) is 4.79 Å². The molecule has 0 saturated carbocycles. The number of rotatable bonds is 4. The van der Waals surface area contributed by atoms with Crippen molar-refractivity contribution < 1.29 is 14.7 Å². The van der Waals surface area contributed by atoms with Crippen molar-refractivity contribution in [2.75, 3.05) is 0 Å². The zero-order valence-corrected chi connectivity index (χ0v) is 10.9. The summed E-state index contributed by atoms with van der Waals surface area (Å²) in [5.41, 5.74) is 1.33. The lowest BCUT2D eigenvalue weighted by molar-refractivity contribution is 0.0696. The summed E-state index contributed by atoms with van der Waals surface area (Å²) in [6, 6.07) is 11.1. The quantitative estimate of drug-likeness (QED) is 0.893. The molecule has 0 aliphatic carbocycles. The van der Waals surface area contributed by atoms with Crippen LogP contribution in [-0.2, 0) is 0 Å². The van der Waals surface area contributed by atoms with Gasteiger partial charge in [-0.3, -0.25) is 9.78 Å². The maximum absolute atomic E-state index is 12.0. The molecule has 0 aliphatic rings. The van der Waals surface area contributed by atoms with E-state index in [2.05, 4.69) is 10.3 Å². The number of pyridine rings is 1. The van der Waals surface area contributed by atoms with Gasteiger partial charge in [-0.1, -0.05) is 6.07 Å². The Morgan fingerprint density at radius 2 is 1.75 bits per heavy atom. The van der Waals surface area contributed by atoms with E-state index in [0.717, 1.165) is 5.69 Å². The van der Waals surface area contributed by atoms with E-state index in [9.17, 15) is 9.59 Å². The zero-order valence-electron chi connectivity index (χ0n) is 10.9. The minimum atomic E-state index is -1.01. The molecule has 1 amide bonds. The summed E-state index contributed by atoms with van der Waals surface area (Å²) in [6.07, 6.45) is 1.67. The van der Waals surface area contributed by atoms with Crippen molar-refractivity contribution in [3.05, 3.63) is 65.5 Å². The molecule has 2 aromatic rings. The minimum Gasteiger partial charge on any atom is -0.478 e. The maximum atomic E-state index is 12.0. The Labute approximate surface area is 116 Å². The predicted molar refractivity (Wildman–Crippen MR) is 73.5 cm³/mol. The van der Waals surface area contributed by atoms with Crippen LogP contribution >= 0.6 is 0 Å². The third kappa shape index (κ3) is 3.20. The normalized spacial score (nSPS) is 11.7. The van der Waals surface area contributed by atoms with Gasteiger partial charge in [-0.05, 0) is 43.3 Å². The second kappa shape index (κ2) is 5.97. The maximum Gasteiger partial charge on any atom is 0.335 e. The molecule has 0 fully saturated rings. The number of aromatic nitrogens is 1. The van der Waals surface area contributed by atoms with E-state index in [1.807, 2.05) is 25.1 Å². The molecule has 1 heterocycles. The van der Waals surface area contributed by atoms with Gasteiger partial charge in [0.15, 0.2) is 0 Å². The highest BCUT2D eigenvalue weighted by atomic mass is 16.4. The van der Waals surface area contributed by atoms with Crippen molar-refractivity contribution in [1.29, 1.82) is 0 Å². The number of nitrogens with one attached hydrogen (secondary N) is 1. The Morgan fingerprint density at radius 1 is 1.10 bits per heavy atom. The number of benzene rings is 1. The first-order valence-corrected chi connectivity index (χ1v) is 6.13. The molecule has 5 heteroatoms. The SMILES string of the molecule is CC(NC(=O)c1ccc(C(=O)O)cc1)c1ccccn1. The fourth-order valence-corrected chi connectivity index (χ4v) is 1.75. The second-order valence-electron chi connectivity index (χ2n) is 4.33. The predicted octanol–water partition coefficient (Wildman–Crippen LogP) is 2.27. The molecule has 1 aromatic carbocycles. The molecule has 102 valence electrons. The third-order valence-corrected chi connectivity index (χ3v) is 2.87. The molecular weight excluding hydrogens is 256 g/mol. The molecule has 0 spiro atoms. The highest BCUT2D eigenvalue weighted by molar-refractivity contribution is 5.96. The summed E-state index contributed by atoms with van der Waals surface area (Å²) in [5.74, 6) is -1.28. The molecule has 0 bridgehead atoms. The van der Waals surface area contributed by atoms with Crippen LogP contribution in [0.3, 0.4) is 0 Å². The fraction of sp³-hybridized carbons (Fsp3) is 0.133. The van der Waals surface area contributed by atoms with Crippen molar-refractivity contribution in [3.8, 4) is 0 Å². The molecule has 2 rings (SSSR count). The molecule has 0 aliphatic heterocycles. The average Bonchev–Trinajstić information content (AvgIpc) is 2.48. The Bertz CT molecular complexity index is 609. The molecular formula is C15H14N2O3. The number of amides is 1. The van der Waals surface area contributed by atoms with Gasteiger partial charge in [0.25, 0.3) is 5.91 Å². The Balaban J connectivity index is 2.06. The molecule has 20 heavy (non-hydrogen) atoms. The van der Waals surface area contributed by atoms with Crippen LogP contribution in [0.15, 0.2) is 48.7 Å². The zero-order chi connectivity index (χ0) is 14.5. The van der Waals surface area contributed by atoms with Gasteiger partial charge < -0.3 is 10.4 Å². The van der Waals surface area contributed by atoms with E-state index < -0.39 is 5.97 Å². The number of carbonyl (C=O) groups excluding carboxylic acids is 1. The van der Waals surface area contributed by atoms with E-state index in [-0.39, 0.29) is 17.5 Å². The second-order valence-corrected chi connectivity index (χ2v) is 4.33. The van der Waals surface area contributed by atoms with Crippen molar-refractivity contribution in [2.24, 2.45) is 0 Å². The Kier molecular flexibility index (Phi) is 4.10. The lowest BCUT2D eigenvalue weighted by atomic mass is 10.1. The summed E-state index contributed by atoms with van der Waals surface area (Å²) in [4.78, 5) is 26.9. The average molecular weight is 270 g/mol. The molecule has 0 saturated heterocycles. The van der Waals surface area contributed by atoms with E-state index in [1.54, 1.807) is 6.20 Å². The van der Waals surface area contributed by atoms with Crippen LogP contribution in [0.5, 0.6) is 0 Å². The van der Waals surface area contributed by atoms with E-state index >= 15 is 0 Å². The number of carboxylic acid groups (broad SMARTS) is 1. The number of nitrogens with zero attached hydrogens (tertiary/aromatic N) is 1. The van der Waals surface area contributed by atoms with Crippen LogP contribution in [0, 0.1) is 0 Å². The first-order valence-electron chi connectivity index (χ1n) is 6.13.